The second-order valence-electron chi connectivity index (χ2n) is 5.47. The van der Waals surface area contributed by atoms with Crippen molar-refractivity contribution in [3.8, 4) is 11.5 Å². The van der Waals surface area contributed by atoms with Crippen LogP contribution in [-0.4, -0.2) is 49.3 Å². The number of methoxy groups -OCH3 is 2. The topological polar surface area (TPSA) is 67.9 Å². The lowest BCUT2D eigenvalue weighted by atomic mass is 10.1. The molecule has 2 aliphatic heterocycles. The Hall–Kier alpha value is -1.89. The minimum Gasteiger partial charge on any atom is -0.493 e. The van der Waals surface area contributed by atoms with Crippen molar-refractivity contribution in [1.82, 2.24) is 10.2 Å². The van der Waals surface area contributed by atoms with Gasteiger partial charge in [0, 0.05) is 17.9 Å². The Balaban J connectivity index is 1.95. The molecule has 124 valence electrons. The monoisotopic (exact) mass is 336 g/mol. The molecule has 1 aromatic rings. The number of rotatable bonds is 5. The van der Waals surface area contributed by atoms with Crippen molar-refractivity contribution >= 4 is 23.6 Å². The maximum atomic E-state index is 12.9. The van der Waals surface area contributed by atoms with Crippen LogP contribution in [0, 0.1) is 0 Å². The van der Waals surface area contributed by atoms with E-state index in [1.54, 1.807) is 29.8 Å². The maximum absolute atomic E-state index is 12.9. The van der Waals surface area contributed by atoms with E-state index in [0.717, 1.165) is 12.0 Å². The predicted octanol–water partition coefficient (Wildman–Crippen LogP) is 1.80. The highest BCUT2D eigenvalue weighted by Crippen LogP contribution is 2.52. The standard InChI is InChI=1S/C16H20N2O4S/c1-4-7-17-14(19)10-8-23-16-9-5-6-11(21-2)13(22-3)12(9)15(20)18(10)16/h5-6,10,16H,4,7-8H2,1-3H3,(H,17,19). The fraction of sp³-hybridized carbons (Fsp3) is 0.500. The lowest BCUT2D eigenvalue weighted by Crippen LogP contribution is -2.46. The molecule has 3 rings (SSSR count). The predicted molar refractivity (Wildman–Crippen MR) is 88.0 cm³/mol. The zero-order valence-corrected chi connectivity index (χ0v) is 14.2. The molecular formula is C16H20N2O4S. The van der Waals surface area contributed by atoms with Gasteiger partial charge < -0.3 is 19.7 Å². The van der Waals surface area contributed by atoms with Gasteiger partial charge in [0.15, 0.2) is 11.5 Å². The molecule has 1 fully saturated rings. The summed E-state index contributed by atoms with van der Waals surface area (Å²) in [7, 11) is 3.06. The van der Waals surface area contributed by atoms with Crippen LogP contribution in [0.15, 0.2) is 12.1 Å². The number of nitrogens with one attached hydrogen (secondary N) is 1. The quantitative estimate of drug-likeness (QED) is 0.888. The van der Waals surface area contributed by atoms with E-state index in [4.69, 9.17) is 9.47 Å². The molecule has 23 heavy (non-hydrogen) atoms. The molecule has 0 aliphatic carbocycles. The van der Waals surface area contributed by atoms with Gasteiger partial charge in [-0.3, -0.25) is 9.59 Å². The van der Waals surface area contributed by atoms with Gasteiger partial charge in [0.1, 0.15) is 11.4 Å². The van der Waals surface area contributed by atoms with Gasteiger partial charge in [0.25, 0.3) is 5.91 Å². The third kappa shape index (κ3) is 2.43. The van der Waals surface area contributed by atoms with Crippen molar-refractivity contribution in [2.24, 2.45) is 0 Å². The molecule has 1 aromatic carbocycles. The lowest BCUT2D eigenvalue weighted by Gasteiger charge is -2.22. The van der Waals surface area contributed by atoms with Crippen molar-refractivity contribution in [3.05, 3.63) is 23.3 Å². The fourth-order valence-electron chi connectivity index (χ4n) is 3.06. The first-order chi connectivity index (χ1) is 11.1. The first kappa shape index (κ1) is 16.0. The van der Waals surface area contributed by atoms with E-state index in [1.165, 1.54) is 7.11 Å². The highest BCUT2D eigenvalue weighted by Gasteiger charge is 2.50. The molecular weight excluding hydrogens is 316 g/mol. The number of nitrogens with zero attached hydrogens (tertiary/aromatic N) is 1. The largest absolute Gasteiger partial charge is 0.493 e. The molecule has 0 bridgehead atoms. The summed E-state index contributed by atoms with van der Waals surface area (Å²) < 4.78 is 10.7. The van der Waals surface area contributed by atoms with Crippen LogP contribution >= 0.6 is 11.8 Å². The van der Waals surface area contributed by atoms with Gasteiger partial charge in [0.2, 0.25) is 5.91 Å². The summed E-state index contributed by atoms with van der Waals surface area (Å²) in [6.07, 6.45) is 0.869. The number of hydrogen-bond acceptors (Lipinski definition) is 5. The van der Waals surface area contributed by atoms with Gasteiger partial charge in [0.05, 0.1) is 19.8 Å². The molecule has 0 aromatic heterocycles. The average molecular weight is 336 g/mol. The molecule has 2 amide bonds. The van der Waals surface area contributed by atoms with Crippen LogP contribution < -0.4 is 14.8 Å². The van der Waals surface area contributed by atoms with Crippen LogP contribution in [-0.2, 0) is 4.79 Å². The highest BCUT2D eigenvalue weighted by atomic mass is 32.2. The second-order valence-corrected chi connectivity index (χ2v) is 6.58. The molecule has 1 N–H and O–H groups in total. The number of benzene rings is 1. The molecule has 1 saturated heterocycles. The van der Waals surface area contributed by atoms with E-state index in [-0.39, 0.29) is 17.2 Å². The number of carbonyl (C=O) groups is 2. The molecule has 7 heteroatoms. The molecule has 0 spiro atoms. The minimum atomic E-state index is -0.438. The van der Waals surface area contributed by atoms with Crippen LogP contribution in [0.4, 0.5) is 0 Å². The zero-order chi connectivity index (χ0) is 16.6. The van der Waals surface area contributed by atoms with Gasteiger partial charge >= 0.3 is 0 Å². The summed E-state index contributed by atoms with van der Waals surface area (Å²) in [5.41, 5.74) is 1.40. The van der Waals surface area contributed by atoms with Gasteiger partial charge in [-0.15, -0.1) is 11.8 Å². The molecule has 0 saturated carbocycles. The fourth-order valence-corrected chi connectivity index (χ4v) is 4.52. The Bertz CT molecular complexity index is 649. The van der Waals surface area contributed by atoms with E-state index in [2.05, 4.69) is 5.32 Å². The van der Waals surface area contributed by atoms with E-state index < -0.39 is 6.04 Å². The Kier molecular flexibility index (Phi) is 4.39. The SMILES string of the molecule is CCCNC(=O)C1CSC2c3ccc(OC)c(OC)c3C(=O)N12. The maximum Gasteiger partial charge on any atom is 0.260 e. The van der Waals surface area contributed by atoms with E-state index in [9.17, 15) is 9.59 Å². The average Bonchev–Trinajstić information content (AvgIpc) is 3.12. The minimum absolute atomic E-state index is 0.0889. The Morgan fingerprint density at radius 1 is 1.39 bits per heavy atom. The van der Waals surface area contributed by atoms with Crippen molar-refractivity contribution < 1.29 is 19.1 Å². The van der Waals surface area contributed by atoms with Crippen LogP contribution in [0.25, 0.3) is 0 Å². The van der Waals surface area contributed by atoms with Crippen molar-refractivity contribution in [2.45, 2.75) is 24.8 Å². The Morgan fingerprint density at radius 3 is 2.83 bits per heavy atom. The molecule has 2 atom stereocenters. The first-order valence-corrected chi connectivity index (χ1v) is 8.65. The highest BCUT2D eigenvalue weighted by molar-refractivity contribution is 7.99. The van der Waals surface area contributed by atoms with E-state index in [1.807, 2.05) is 13.0 Å². The van der Waals surface area contributed by atoms with Gasteiger partial charge in [-0.25, -0.2) is 0 Å². The molecule has 0 radical (unpaired) electrons. The Labute approximate surface area is 139 Å². The summed E-state index contributed by atoms with van der Waals surface area (Å²) in [5.74, 6) is 1.33. The van der Waals surface area contributed by atoms with Crippen LogP contribution in [0.1, 0.15) is 34.6 Å². The summed E-state index contributed by atoms with van der Waals surface area (Å²) in [5, 5.41) is 2.75. The molecule has 6 nitrogen and oxygen atoms in total. The number of thioether (sulfide) groups is 1. The first-order valence-electron chi connectivity index (χ1n) is 7.60. The lowest BCUT2D eigenvalue weighted by molar-refractivity contribution is -0.124. The van der Waals surface area contributed by atoms with Crippen molar-refractivity contribution in [3.63, 3.8) is 0 Å². The smallest absolute Gasteiger partial charge is 0.260 e. The molecule has 2 aliphatic rings. The van der Waals surface area contributed by atoms with Gasteiger partial charge in [-0.1, -0.05) is 13.0 Å². The normalized spacial score (nSPS) is 21.9. The van der Waals surface area contributed by atoms with Crippen molar-refractivity contribution in [1.29, 1.82) is 0 Å². The van der Waals surface area contributed by atoms with Crippen molar-refractivity contribution in [2.75, 3.05) is 26.5 Å². The van der Waals surface area contributed by atoms with Crippen LogP contribution in [0.5, 0.6) is 11.5 Å². The third-order valence-electron chi connectivity index (χ3n) is 4.14. The number of hydrogen-bond donors (Lipinski definition) is 1. The van der Waals surface area contributed by atoms with Crippen LogP contribution in [0.2, 0.25) is 0 Å². The number of fused-ring (bicyclic) bond motifs is 3. The summed E-state index contributed by atoms with van der Waals surface area (Å²) in [4.78, 5) is 26.9. The van der Waals surface area contributed by atoms with Crippen LogP contribution in [0.3, 0.4) is 0 Å². The van der Waals surface area contributed by atoms with Gasteiger partial charge in [-0.2, -0.15) is 0 Å². The molecule has 2 heterocycles. The molecule has 2 unspecified atom stereocenters. The van der Waals surface area contributed by atoms with E-state index >= 15 is 0 Å². The third-order valence-corrected chi connectivity index (χ3v) is 5.45. The summed E-state index contributed by atoms with van der Waals surface area (Å²) >= 11 is 1.61. The summed E-state index contributed by atoms with van der Waals surface area (Å²) in [6, 6.07) is 3.25. The number of ether oxygens (including phenoxy) is 2. The zero-order valence-electron chi connectivity index (χ0n) is 13.4. The Morgan fingerprint density at radius 2 is 2.17 bits per heavy atom. The number of carbonyl (C=O) groups excluding carboxylic acids is 2. The second kappa shape index (κ2) is 6.31. The summed E-state index contributed by atoms with van der Waals surface area (Å²) in [6.45, 7) is 2.62. The number of amides is 2. The van der Waals surface area contributed by atoms with Gasteiger partial charge in [-0.05, 0) is 12.5 Å². The van der Waals surface area contributed by atoms with E-state index in [0.29, 0.717) is 29.4 Å².